The van der Waals surface area contributed by atoms with Gasteiger partial charge in [-0.2, -0.15) is 5.10 Å². The molecule has 3 heteroatoms. The van der Waals surface area contributed by atoms with Gasteiger partial charge in [-0.15, -0.1) is 0 Å². The lowest BCUT2D eigenvalue weighted by molar-refractivity contribution is 0.180. The summed E-state index contributed by atoms with van der Waals surface area (Å²) in [5.41, 5.74) is 2.87. The average Bonchev–Trinajstić information content (AvgIpc) is 1.87. The summed E-state index contributed by atoms with van der Waals surface area (Å²) in [7, 11) is 2.05. The monoisotopic (exact) mass is 143 g/mol. The second-order valence-electron chi connectivity index (χ2n) is 2.72. The van der Waals surface area contributed by atoms with Crippen LogP contribution in [0.25, 0.3) is 0 Å². The van der Waals surface area contributed by atoms with Crippen molar-refractivity contribution in [3.05, 3.63) is 0 Å². The molecule has 10 heavy (non-hydrogen) atoms. The standard InChI is InChI=1S/C7H17N3/c1-6(2)10(5)7(3)9-8-4/h6-7,9H,4H2,1-3,5H3. The highest BCUT2D eigenvalue weighted by atomic mass is 15.4. The molecule has 0 aromatic rings. The summed E-state index contributed by atoms with van der Waals surface area (Å²) in [6.45, 7) is 9.69. The van der Waals surface area contributed by atoms with Crippen molar-refractivity contribution in [1.82, 2.24) is 10.3 Å². The van der Waals surface area contributed by atoms with Gasteiger partial charge in [0, 0.05) is 12.8 Å². The third-order valence-electron chi connectivity index (χ3n) is 1.70. The summed E-state index contributed by atoms with van der Waals surface area (Å²) in [6, 6.07) is 0.532. The van der Waals surface area contributed by atoms with Gasteiger partial charge in [0.15, 0.2) is 0 Å². The van der Waals surface area contributed by atoms with Crippen LogP contribution in [0.4, 0.5) is 0 Å². The molecule has 0 aliphatic carbocycles. The van der Waals surface area contributed by atoms with Crippen molar-refractivity contribution in [2.75, 3.05) is 7.05 Å². The Morgan fingerprint density at radius 3 is 2.20 bits per heavy atom. The smallest absolute Gasteiger partial charge is 0.0929 e. The van der Waals surface area contributed by atoms with E-state index in [1.807, 2.05) is 7.05 Å². The summed E-state index contributed by atoms with van der Waals surface area (Å²) in [5.74, 6) is 0. The third-order valence-corrected chi connectivity index (χ3v) is 1.70. The van der Waals surface area contributed by atoms with Gasteiger partial charge in [0.2, 0.25) is 0 Å². The molecular formula is C7H17N3. The van der Waals surface area contributed by atoms with Crippen molar-refractivity contribution in [3.63, 3.8) is 0 Å². The zero-order valence-corrected chi connectivity index (χ0v) is 7.26. The summed E-state index contributed by atoms with van der Waals surface area (Å²) in [6.07, 6.45) is 0.262. The lowest BCUT2D eigenvalue weighted by Crippen LogP contribution is -2.42. The first-order chi connectivity index (χ1) is 4.59. The van der Waals surface area contributed by atoms with E-state index in [1.165, 1.54) is 0 Å². The van der Waals surface area contributed by atoms with Gasteiger partial charge in [0.1, 0.15) is 0 Å². The summed E-state index contributed by atoms with van der Waals surface area (Å²) in [5, 5.41) is 3.60. The van der Waals surface area contributed by atoms with Gasteiger partial charge in [-0.05, 0) is 27.8 Å². The molecule has 0 heterocycles. The van der Waals surface area contributed by atoms with Crippen LogP contribution in [0.15, 0.2) is 5.10 Å². The van der Waals surface area contributed by atoms with E-state index in [2.05, 4.69) is 42.9 Å². The van der Waals surface area contributed by atoms with Gasteiger partial charge in [-0.3, -0.25) is 10.3 Å². The molecule has 1 atom stereocenters. The van der Waals surface area contributed by atoms with Crippen LogP contribution >= 0.6 is 0 Å². The van der Waals surface area contributed by atoms with Gasteiger partial charge in [-0.25, -0.2) is 0 Å². The Balaban J connectivity index is 3.68. The SMILES string of the molecule is C=NNC(C)N(C)C(C)C. The summed E-state index contributed by atoms with van der Waals surface area (Å²) < 4.78 is 0. The summed E-state index contributed by atoms with van der Waals surface area (Å²) >= 11 is 0. The van der Waals surface area contributed by atoms with E-state index in [1.54, 1.807) is 0 Å². The molecule has 0 aromatic carbocycles. The average molecular weight is 143 g/mol. The van der Waals surface area contributed by atoms with Crippen LogP contribution in [0, 0.1) is 0 Å². The van der Waals surface area contributed by atoms with Crippen molar-refractivity contribution in [1.29, 1.82) is 0 Å². The highest BCUT2D eigenvalue weighted by Gasteiger charge is 2.09. The molecule has 0 fully saturated rings. The maximum absolute atomic E-state index is 3.60. The highest BCUT2D eigenvalue weighted by Crippen LogP contribution is 1.97. The normalized spacial score (nSPS) is 13.8. The predicted molar refractivity (Wildman–Crippen MR) is 45.0 cm³/mol. The van der Waals surface area contributed by atoms with Crippen molar-refractivity contribution in [2.45, 2.75) is 33.0 Å². The second kappa shape index (κ2) is 4.28. The molecule has 0 saturated carbocycles. The van der Waals surface area contributed by atoms with Crippen molar-refractivity contribution < 1.29 is 0 Å². The minimum atomic E-state index is 0.262. The van der Waals surface area contributed by atoms with E-state index in [0.717, 1.165) is 0 Å². The summed E-state index contributed by atoms with van der Waals surface area (Å²) in [4.78, 5) is 2.18. The van der Waals surface area contributed by atoms with Crippen LogP contribution in [0.1, 0.15) is 20.8 Å². The fourth-order valence-electron chi connectivity index (χ4n) is 0.670. The Morgan fingerprint density at radius 1 is 1.40 bits per heavy atom. The fourth-order valence-corrected chi connectivity index (χ4v) is 0.670. The lowest BCUT2D eigenvalue weighted by atomic mass is 10.3. The van der Waals surface area contributed by atoms with E-state index >= 15 is 0 Å². The molecular weight excluding hydrogens is 126 g/mol. The van der Waals surface area contributed by atoms with Crippen molar-refractivity contribution in [3.8, 4) is 0 Å². The first kappa shape index (κ1) is 9.43. The van der Waals surface area contributed by atoms with Crippen molar-refractivity contribution in [2.24, 2.45) is 5.10 Å². The van der Waals surface area contributed by atoms with Gasteiger partial charge in [0.05, 0.1) is 6.17 Å². The molecule has 0 bridgehead atoms. The van der Waals surface area contributed by atoms with Crippen LogP contribution < -0.4 is 5.43 Å². The lowest BCUT2D eigenvalue weighted by Gasteiger charge is -2.27. The maximum Gasteiger partial charge on any atom is 0.0929 e. The van der Waals surface area contributed by atoms with Crippen LogP contribution in [0.2, 0.25) is 0 Å². The molecule has 0 aliphatic rings. The number of nitrogens with zero attached hydrogens (tertiary/aromatic N) is 2. The Kier molecular flexibility index (Phi) is 4.03. The molecule has 60 valence electrons. The van der Waals surface area contributed by atoms with E-state index in [0.29, 0.717) is 6.04 Å². The van der Waals surface area contributed by atoms with Crippen LogP contribution in [-0.2, 0) is 0 Å². The molecule has 0 rings (SSSR count). The molecule has 1 N–H and O–H groups in total. The van der Waals surface area contributed by atoms with Crippen LogP contribution in [0.5, 0.6) is 0 Å². The van der Waals surface area contributed by atoms with Gasteiger partial charge in [-0.1, -0.05) is 0 Å². The predicted octanol–water partition coefficient (Wildman–Crippen LogP) is 0.878. The first-order valence-electron chi connectivity index (χ1n) is 3.52. The fraction of sp³-hybridized carbons (Fsp3) is 0.857. The van der Waals surface area contributed by atoms with Crippen LogP contribution in [-0.4, -0.2) is 30.9 Å². The number of nitrogens with one attached hydrogen (secondary N) is 1. The van der Waals surface area contributed by atoms with Gasteiger partial charge in [0.25, 0.3) is 0 Å². The minimum Gasteiger partial charge on any atom is -0.293 e. The Hall–Kier alpha value is -0.570. The number of hydrazone groups is 1. The zero-order valence-electron chi connectivity index (χ0n) is 7.26. The number of rotatable bonds is 4. The Morgan fingerprint density at radius 2 is 1.90 bits per heavy atom. The van der Waals surface area contributed by atoms with E-state index in [-0.39, 0.29) is 6.17 Å². The molecule has 1 unspecified atom stereocenters. The molecule has 0 saturated heterocycles. The molecule has 0 aromatic heterocycles. The van der Waals surface area contributed by atoms with Gasteiger partial charge < -0.3 is 0 Å². The maximum atomic E-state index is 3.60. The molecule has 0 spiro atoms. The van der Waals surface area contributed by atoms with E-state index < -0.39 is 0 Å². The van der Waals surface area contributed by atoms with Crippen molar-refractivity contribution >= 4 is 6.72 Å². The quantitative estimate of drug-likeness (QED) is 0.359. The molecule has 0 amide bonds. The van der Waals surface area contributed by atoms with Crippen LogP contribution in [0.3, 0.4) is 0 Å². The molecule has 0 radical (unpaired) electrons. The second-order valence-corrected chi connectivity index (χ2v) is 2.72. The van der Waals surface area contributed by atoms with E-state index in [9.17, 15) is 0 Å². The Bertz CT molecular complexity index is 101. The number of hydrogen-bond donors (Lipinski definition) is 1. The van der Waals surface area contributed by atoms with E-state index in [4.69, 9.17) is 0 Å². The topological polar surface area (TPSA) is 27.6 Å². The largest absolute Gasteiger partial charge is 0.293 e. The highest BCUT2D eigenvalue weighted by molar-refractivity contribution is 5.22. The molecule has 3 nitrogen and oxygen atoms in total. The first-order valence-corrected chi connectivity index (χ1v) is 3.52. The molecule has 0 aliphatic heterocycles. The minimum absolute atomic E-state index is 0.262. The zero-order chi connectivity index (χ0) is 8.15. The Labute approximate surface area is 63.1 Å². The third kappa shape index (κ3) is 2.82. The number of hydrogen-bond acceptors (Lipinski definition) is 3. The van der Waals surface area contributed by atoms with Gasteiger partial charge >= 0.3 is 0 Å².